The number of hydrogen-bond acceptors (Lipinski definition) is 3. The number of amides is 1. The topological polar surface area (TPSA) is 70.1 Å². The first-order valence-electron chi connectivity index (χ1n) is 10.7. The van der Waals surface area contributed by atoms with E-state index in [-0.39, 0.29) is 29.5 Å². The number of rotatable bonds is 6. The monoisotopic (exact) mass is 480 g/mol. The fourth-order valence-corrected chi connectivity index (χ4v) is 3.46. The van der Waals surface area contributed by atoms with Crippen LogP contribution in [0.2, 0.25) is 0 Å². The Morgan fingerprint density at radius 1 is 0.971 bits per heavy atom. The molecule has 1 aromatic heterocycles. The summed E-state index contributed by atoms with van der Waals surface area (Å²) in [6.45, 7) is 1.96. The van der Waals surface area contributed by atoms with Crippen molar-refractivity contribution in [3.63, 3.8) is 0 Å². The summed E-state index contributed by atoms with van der Waals surface area (Å²) >= 11 is 0. The van der Waals surface area contributed by atoms with Crippen LogP contribution in [-0.2, 0) is 6.42 Å². The predicted molar refractivity (Wildman–Crippen MR) is 124 cm³/mol. The van der Waals surface area contributed by atoms with Crippen LogP contribution in [0.15, 0.2) is 71.7 Å². The molecular weight excluding hydrogens is 460 g/mol. The normalized spacial score (nSPS) is 11.5. The van der Waals surface area contributed by atoms with Crippen LogP contribution in [0.5, 0.6) is 0 Å². The first-order chi connectivity index (χ1) is 16.8. The zero-order valence-corrected chi connectivity index (χ0v) is 18.6. The van der Waals surface area contributed by atoms with Gasteiger partial charge in [0.1, 0.15) is 11.7 Å². The Kier molecular flexibility index (Phi) is 7.05. The van der Waals surface area contributed by atoms with Crippen LogP contribution in [0, 0.1) is 30.2 Å². The van der Waals surface area contributed by atoms with E-state index in [9.17, 15) is 22.4 Å². The summed E-state index contributed by atoms with van der Waals surface area (Å²) in [7, 11) is 0. The van der Waals surface area contributed by atoms with E-state index in [2.05, 4.69) is 20.5 Å². The number of halogens is 4. The van der Waals surface area contributed by atoms with Crippen LogP contribution in [0.1, 0.15) is 27.9 Å². The number of amidine groups is 1. The number of H-pyrrole nitrogens is 1. The molecule has 0 radical (unpaired) electrons. The van der Waals surface area contributed by atoms with Crippen molar-refractivity contribution in [2.24, 2.45) is 4.99 Å². The molecular formula is C26H20F4N4O. The quantitative estimate of drug-likeness (QED) is 0.153. The van der Waals surface area contributed by atoms with Crippen molar-refractivity contribution in [3.8, 4) is 11.3 Å². The van der Waals surface area contributed by atoms with E-state index in [1.165, 1.54) is 12.1 Å². The van der Waals surface area contributed by atoms with Crippen LogP contribution in [0.4, 0.5) is 23.4 Å². The van der Waals surface area contributed by atoms with E-state index in [0.29, 0.717) is 29.8 Å². The van der Waals surface area contributed by atoms with E-state index >= 15 is 0 Å². The fraction of sp³-hybridized carbons (Fsp3) is 0.115. The van der Waals surface area contributed by atoms with Crippen LogP contribution in [0.3, 0.4) is 0 Å². The number of aryl methyl sites for hydroxylation is 2. The van der Waals surface area contributed by atoms with E-state index in [4.69, 9.17) is 0 Å². The lowest BCUT2D eigenvalue weighted by molar-refractivity contribution is 0.0975. The Morgan fingerprint density at radius 3 is 2.34 bits per heavy atom. The molecule has 0 aliphatic heterocycles. The largest absolute Gasteiger partial charge is 0.310 e. The molecule has 9 heteroatoms. The van der Waals surface area contributed by atoms with Crippen molar-refractivity contribution >= 4 is 17.6 Å². The minimum absolute atomic E-state index is 0.195. The molecule has 1 heterocycles. The molecule has 0 aliphatic carbocycles. The maximum atomic E-state index is 13.6. The molecule has 0 aliphatic rings. The third kappa shape index (κ3) is 5.81. The Balaban J connectivity index is 1.61. The molecule has 0 spiro atoms. The number of aromatic amines is 1. The summed E-state index contributed by atoms with van der Waals surface area (Å²) in [5.41, 5.74) is 2.96. The highest BCUT2D eigenvalue weighted by Gasteiger charge is 2.17. The molecule has 0 bridgehead atoms. The van der Waals surface area contributed by atoms with Gasteiger partial charge >= 0.3 is 0 Å². The Morgan fingerprint density at radius 2 is 1.66 bits per heavy atom. The van der Waals surface area contributed by atoms with Crippen molar-refractivity contribution in [1.29, 1.82) is 0 Å². The molecule has 0 saturated heterocycles. The third-order valence-corrected chi connectivity index (χ3v) is 5.37. The van der Waals surface area contributed by atoms with Gasteiger partial charge in [-0.3, -0.25) is 9.89 Å². The lowest BCUT2D eigenvalue weighted by Gasteiger charge is -2.10. The highest BCUT2D eigenvalue weighted by atomic mass is 19.2. The van der Waals surface area contributed by atoms with Crippen molar-refractivity contribution in [1.82, 2.24) is 15.5 Å². The lowest BCUT2D eigenvalue weighted by Crippen LogP contribution is -2.31. The molecule has 0 saturated carbocycles. The van der Waals surface area contributed by atoms with Gasteiger partial charge in [0.2, 0.25) is 0 Å². The molecule has 4 aromatic rings. The van der Waals surface area contributed by atoms with E-state index in [1.807, 2.05) is 31.2 Å². The van der Waals surface area contributed by atoms with Crippen LogP contribution in [-0.4, -0.2) is 21.9 Å². The molecule has 178 valence electrons. The number of carbonyl (C=O) groups is 1. The van der Waals surface area contributed by atoms with E-state index in [1.54, 1.807) is 18.2 Å². The number of carbonyl (C=O) groups excluding carboxylic acids is 1. The van der Waals surface area contributed by atoms with Crippen molar-refractivity contribution < 1.29 is 22.4 Å². The standard InChI is InChI=1S/C26H20F4N4O/c1-15-4-2-3-5-16(15)8-11-23(32-26(35)18-12-20(28)25(30)21(29)13-18)31-24-14-22(33-34-24)17-6-9-19(27)10-7-17/h2-7,9-10,12-14H,8,11H2,1H3,(H2,31,32,33,34,35). The Labute approximate surface area is 198 Å². The predicted octanol–water partition coefficient (Wildman–Crippen LogP) is 6.03. The number of hydrogen-bond donors (Lipinski definition) is 2. The van der Waals surface area contributed by atoms with Crippen molar-refractivity contribution in [2.45, 2.75) is 19.8 Å². The molecule has 0 atom stereocenters. The first kappa shape index (κ1) is 23.9. The van der Waals surface area contributed by atoms with Gasteiger partial charge < -0.3 is 5.32 Å². The maximum Gasteiger partial charge on any atom is 0.256 e. The first-order valence-corrected chi connectivity index (χ1v) is 10.7. The average molecular weight is 480 g/mol. The van der Waals surface area contributed by atoms with Gasteiger partial charge in [0.25, 0.3) is 5.91 Å². The van der Waals surface area contributed by atoms with Gasteiger partial charge in [0.05, 0.1) is 5.69 Å². The summed E-state index contributed by atoms with van der Waals surface area (Å²) < 4.78 is 53.8. The zero-order valence-electron chi connectivity index (χ0n) is 18.6. The summed E-state index contributed by atoms with van der Waals surface area (Å²) in [5.74, 6) is -5.38. The fourth-order valence-electron chi connectivity index (χ4n) is 3.46. The van der Waals surface area contributed by atoms with Crippen molar-refractivity contribution in [2.75, 3.05) is 0 Å². The minimum Gasteiger partial charge on any atom is -0.310 e. The lowest BCUT2D eigenvalue weighted by atomic mass is 10.0. The number of nitrogens with zero attached hydrogens (tertiary/aromatic N) is 2. The molecule has 0 fully saturated rings. The Bertz CT molecular complexity index is 1370. The van der Waals surface area contributed by atoms with Gasteiger partial charge in [0, 0.05) is 18.1 Å². The SMILES string of the molecule is Cc1ccccc1CCC(=Nc1cc(-c2ccc(F)cc2)[nH]n1)NC(=O)c1cc(F)c(F)c(F)c1. The highest BCUT2D eigenvalue weighted by molar-refractivity contribution is 6.07. The highest BCUT2D eigenvalue weighted by Crippen LogP contribution is 2.22. The molecule has 5 nitrogen and oxygen atoms in total. The van der Waals surface area contributed by atoms with Crippen molar-refractivity contribution in [3.05, 3.63) is 107 Å². The molecule has 4 rings (SSSR count). The van der Waals surface area contributed by atoms with Gasteiger partial charge in [-0.1, -0.05) is 24.3 Å². The molecule has 3 aromatic carbocycles. The van der Waals surface area contributed by atoms with Gasteiger partial charge in [-0.05, 0) is 66.4 Å². The molecule has 0 unspecified atom stereocenters. The number of aliphatic imine (C=N–C) groups is 1. The average Bonchev–Trinajstić information content (AvgIpc) is 3.30. The summed E-state index contributed by atoms with van der Waals surface area (Å²) in [6.07, 6.45) is 0.800. The number of benzene rings is 3. The molecule has 35 heavy (non-hydrogen) atoms. The second-order valence-electron chi connectivity index (χ2n) is 7.84. The summed E-state index contributed by atoms with van der Waals surface area (Å²) in [5, 5.41) is 9.48. The van der Waals surface area contributed by atoms with Gasteiger partial charge in [0.15, 0.2) is 23.3 Å². The summed E-state index contributed by atoms with van der Waals surface area (Å²) in [6, 6.07) is 16.3. The second-order valence-corrected chi connectivity index (χ2v) is 7.84. The van der Waals surface area contributed by atoms with E-state index in [0.717, 1.165) is 11.1 Å². The molecule has 1 amide bonds. The number of aromatic nitrogens is 2. The van der Waals surface area contributed by atoms with Gasteiger partial charge in [-0.15, -0.1) is 0 Å². The smallest absolute Gasteiger partial charge is 0.256 e. The van der Waals surface area contributed by atoms with Crippen LogP contribution < -0.4 is 5.32 Å². The second kappa shape index (κ2) is 10.3. The third-order valence-electron chi connectivity index (χ3n) is 5.37. The number of nitrogens with one attached hydrogen (secondary N) is 2. The Hall–Kier alpha value is -4.27. The van der Waals surface area contributed by atoms with Crippen LogP contribution in [0.25, 0.3) is 11.3 Å². The molecule has 2 N–H and O–H groups in total. The maximum absolute atomic E-state index is 13.6. The van der Waals surface area contributed by atoms with Crippen LogP contribution >= 0.6 is 0 Å². The van der Waals surface area contributed by atoms with Gasteiger partial charge in [-0.2, -0.15) is 5.10 Å². The van der Waals surface area contributed by atoms with Gasteiger partial charge in [-0.25, -0.2) is 22.6 Å². The van der Waals surface area contributed by atoms with E-state index < -0.39 is 23.4 Å². The minimum atomic E-state index is -1.65. The zero-order chi connectivity index (χ0) is 24.9. The summed E-state index contributed by atoms with van der Waals surface area (Å²) in [4.78, 5) is 17.1.